The number of hydrogen-bond acceptors (Lipinski definition) is 3. The van der Waals surface area contributed by atoms with Crippen molar-refractivity contribution in [1.29, 1.82) is 0 Å². The predicted octanol–water partition coefficient (Wildman–Crippen LogP) is 2.68. The number of nitrogens with zero attached hydrogens (tertiary/aromatic N) is 2. The lowest BCUT2D eigenvalue weighted by molar-refractivity contribution is -0.127. The molecule has 0 aliphatic rings. The molecule has 0 atom stereocenters. The fraction of sp³-hybridized carbons (Fsp3) is 0.600. The monoisotopic (exact) mass is 490 g/mol. The third-order valence-corrected chi connectivity index (χ3v) is 3.73. The summed E-state index contributed by atoms with van der Waals surface area (Å²) >= 11 is 0. The summed E-state index contributed by atoms with van der Waals surface area (Å²) in [5.74, 6) is 0.667. The Labute approximate surface area is 181 Å². The second-order valence-corrected chi connectivity index (χ2v) is 6.67. The first-order chi connectivity index (χ1) is 12.5. The first-order valence-electron chi connectivity index (χ1n) is 9.37. The fourth-order valence-electron chi connectivity index (χ4n) is 2.19. The molecule has 1 aromatic rings. The number of hydrogen-bond donors (Lipinski definition) is 2. The molecule has 1 amide bonds. The van der Waals surface area contributed by atoms with Crippen molar-refractivity contribution in [3.05, 3.63) is 35.9 Å². The molecule has 0 fully saturated rings. The Kier molecular flexibility index (Phi) is 14.9. The number of unbranched alkanes of at least 4 members (excludes halogenated alkanes) is 1. The molecule has 27 heavy (non-hydrogen) atoms. The molecule has 6 nitrogen and oxygen atoms in total. The van der Waals surface area contributed by atoms with Crippen LogP contribution < -0.4 is 10.6 Å². The minimum atomic E-state index is -0.0144. The van der Waals surface area contributed by atoms with Gasteiger partial charge in [-0.15, -0.1) is 24.0 Å². The number of halogens is 1. The van der Waals surface area contributed by atoms with Crippen molar-refractivity contribution in [3.8, 4) is 0 Å². The largest absolute Gasteiger partial charge is 0.379 e. The lowest BCUT2D eigenvalue weighted by atomic mass is 10.1. The van der Waals surface area contributed by atoms with Crippen LogP contribution in [0.25, 0.3) is 0 Å². The Morgan fingerprint density at radius 3 is 2.41 bits per heavy atom. The minimum absolute atomic E-state index is 0. The number of benzene rings is 1. The number of aliphatic imine (C=N–C) groups is 1. The molecule has 0 saturated carbocycles. The maximum absolute atomic E-state index is 11.8. The number of guanidine groups is 1. The molecule has 1 aromatic carbocycles. The number of nitrogens with one attached hydrogen (secondary N) is 2. The maximum atomic E-state index is 11.8. The van der Waals surface area contributed by atoms with E-state index in [9.17, 15) is 4.79 Å². The molecule has 0 spiro atoms. The third kappa shape index (κ3) is 13.5. The molecule has 0 saturated heterocycles. The highest BCUT2D eigenvalue weighted by atomic mass is 127. The third-order valence-electron chi connectivity index (χ3n) is 3.73. The van der Waals surface area contributed by atoms with Crippen LogP contribution in [-0.2, 0) is 16.0 Å². The van der Waals surface area contributed by atoms with Gasteiger partial charge in [0, 0.05) is 33.8 Å². The van der Waals surface area contributed by atoms with Crippen molar-refractivity contribution in [2.45, 2.75) is 39.2 Å². The van der Waals surface area contributed by atoms with Gasteiger partial charge in [0.1, 0.15) is 6.54 Å². The first-order valence-corrected chi connectivity index (χ1v) is 9.37. The SMILES string of the molecule is CC(C)OCCCCNC(=NCC(=O)N(C)C)NCCc1ccccc1.I. The molecule has 0 bridgehead atoms. The van der Waals surface area contributed by atoms with Crippen LogP contribution in [0.3, 0.4) is 0 Å². The van der Waals surface area contributed by atoms with Crippen LogP contribution in [-0.4, -0.2) is 63.2 Å². The molecule has 0 aromatic heterocycles. The van der Waals surface area contributed by atoms with E-state index in [0.717, 1.165) is 39.0 Å². The van der Waals surface area contributed by atoms with Crippen molar-refractivity contribution < 1.29 is 9.53 Å². The van der Waals surface area contributed by atoms with Gasteiger partial charge in [-0.3, -0.25) is 4.79 Å². The quantitative estimate of drug-likeness (QED) is 0.217. The average Bonchev–Trinajstić information content (AvgIpc) is 2.62. The summed E-state index contributed by atoms with van der Waals surface area (Å²) < 4.78 is 5.54. The Bertz CT molecular complexity index is 536. The van der Waals surface area contributed by atoms with Gasteiger partial charge in [0.2, 0.25) is 5.91 Å². The number of carbonyl (C=O) groups is 1. The summed E-state index contributed by atoms with van der Waals surface area (Å²) in [6, 6.07) is 10.3. The number of amides is 1. The van der Waals surface area contributed by atoms with E-state index in [4.69, 9.17) is 4.74 Å². The van der Waals surface area contributed by atoms with Gasteiger partial charge in [-0.05, 0) is 38.7 Å². The van der Waals surface area contributed by atoms with E-state index >= 15 is 0 Å². The number of ether oxygens (including phenoxy) is 1. The van der Waals surface area contributed by atoms with E-state index in [1.807, 2.05) is 32.0 Å². The number of carbonyl (C=O) groups excluding carboxylic acids is 1. The fourth-order valence-corrected chi connectivity index (χ4v) is 2.19. The van der Waals surface area contributed by atoms with Gasteiger partial charge in [0.15, 0.2) is 5.96 Å². The molecule has 0 radical (unpaired) electrons. The van der Waals surface area contributed by atoms with Crippen LogP contribution in [0.5, 0.6) is 0 Å². The number of rotatable bonds is 11. The second-order valence-electron chi connectivity index (χ2n) is 6.67. The van der Waals surface area contributed by atoms with Crippen LogP contribution in [0.2, 0.25) is 0 Å². The van der Waals surface area contributed by atoms with Crippen LogP contribution in [0.4, 0.5) is 0 Å². The van der Waals surface area contributed by atoms with E-state index in [-0.39, 0.29) is 42.5 Å². The van der Waals surface area contributed by atoms with E-state index < -0.39 is 0 Å². The summed E-state index contributed by atoms with van der Waals surface area (Å²) in [5.41, 5.74) is 1.27. The lowest BCUT2D eigenvalue weighted by Crippen LogP contribution is -2.40. The zero-order valence-electron chi connectivity index (χ0n) is 17.0. The van der Waals surface area contributed by atoms with Crippen LogP contribution in [0.1, 0.15) is 32.3 Å². The molecule has 7 heteroatoms. The summed E-state index contributed by atoms with van der Waals surface area (Å²) in [6.07, 6.45) is 3.18. The van der Waals surface area contributed by atoms with Gasteiger partial charge in [0.05, 0.1) is 6.10 Å². The Morgan fingerprint density at radius 1 is 1.11 bits per heavy atom. The van der Waals surface area contributed by atoms with Crippen LogP contribution in [0.15, 0.2) is 35.3 Å². The van der Waals surface area contributed by atoms with Gasteiger partial charge in [-0.1, -0.05) is 30.3 Å². The van der Waals surface area contributed by atoms with Gasteiger partial charge in [-0.2, -0.15) is 0 Å². The Hall–Kier alpha value is -1.35. The summed E-state index contributed by atoms with van der Waals surface area (Å²) in [5, 5.41) is 6.61. The van der Waals surface area contributed by atoms with Crippen LogP contribution in [0, 0.1) is 0 Å². The molecule has 0 aliphatic carbocycles. The summed E-state index contributed by atoms with van der Waals surface area (Å²) in [7, 11) is 3.48. The van der Waals surface area contributed by atoms with Crippen molar-refractivity contribution >= 4 is 35.8 Å². The highest BCUT2D eigenvalue weighted by Crippen LogP contribution is 1.98. The minimum Gasteiger partial charge on any atom is -0.379 e. The van der Waals surface area contributed by atoms with Gasteiger partial charge < -0.3 is 20.3 Å². The second kappa shape index (κ2) is 15.7. The molecular formula is C20H35IN4O2. The van der Waals surface area contributed by atoms with Gasteiger partial charge >= 0.3 is 0 Å². The lowest BCUT2D eigenvalue weighted by Gasteiger charge is -2.14. The van der Waals surface area contributed by atoms with Gasteiger partial charge in [-0.25, -0.2) is 4.99 Å². The number of likely N-dealkylation sites (N-methyl/N-ethyl adjacent to an activating group) is 1. The zero-order valence-corrected chi connectivity index (χ0v) is 19.4. The average molecular weight is 490 g/mol. The van der Waals surface area contributed by atoms with E-state index in [0.29, 0.717) is 5.96 Å². The topological polar surface area (TPSA) is 66.0 Å². The van der Waals surface area contributed by atoms with Crippen molar-refractivity contribution in [2.24, 2.45) is 4.99 Å². The Balaban J connectivity index is 0.00000676. The van der Waals surface area contributed by atoms with Crippen molar-refractivity contribution in [3.63, 3.8) is 0 Å². The molecule has 1 rings (SSSR count). The van der Waals surface area contributed by atoms with Gasteiger partial charge in [0.25, 0.3) is 0 Å². The summed E-state index contributed by atoms with van der Waals surface area (Å²) in [4.78, 5) is 17.7. The smallest absolute Gasteiger partial charge is 0.243 e. The zero-order chi connectivity index (χ0) is 19.2. The first kappa shape index (κ1) is 25.6. The molecular weight excluding hydrogens is 455 g/mol. The predicted molar refractivity (Wildman–Crippen MR) is 123 cm³/mol. The maximum Gasteiger partial charge on any atom is 0.243 e. The summed E-state index contributed by atoms with van der Waals surface area (Å²) in [6.45, 7) is 6.57. The van der Waals surface area contributed by atoms with Crippen molar-refractivity contribution in [2.75, 3.05) is 40.3 Å². The molecule has 2 N–H and O–H groups in total. The van der Waals surface area contributed by atoms with E-state index in [1.165, 1.54) is 5.56 Å². The highest BCUT2D eigenvalue weighted by Gasteiger charge is 2.04. The van der Waals surface area contributed by atoms with E-state index in [1.54, 1.807) is 19.0 Å². The molecule has 0 unspecified atom stereocenters. The van der Waals surface area contributed by atoms with Crippen molar-refractivity contribution in [1.82, 2.24) is 15.5 Å². The molecule has 0 aliphatic heterocycles. The Morgan fingerprint density at radius 2 is 1.78 bits per heavy atom. The van der Waals surface area contributed by atoms with E-state index in [2.05, 4.69) is 27.8 Å². The standard InChI is InChI=1S/C20H34N4O2.HI/c1-17(2)26-15-9-8-13-21-20(23-16-19(25)24(3)4)22-14-12-18-10-6-5-7-11-18;/h5-7,10-11,17H,8-9,12-16H2,1-4H3,(H2,21,22,23);1H. The normalized spacial score (nSPS) is 11.1. The highest BCUT2D eigenvalue weighted by molar-refractivity contribution is 14.0. The molecule has 0 heterocycles. The molecule has 154 valence electrons. The van der Waals surface area contributed by atoms with Crippen LogP contribution >= 0.6 is 24.0 Å².